The molecule has 0 aromatic heterocycles. The molecule has 11 heavy (non-hydrogen) atoms. The van der Waals surface area contributed by atoms with Crippen LogP contribution < -0.4 is 0 Å². The van der Waals surface area contributed by atoms with Gasteiger partial charge in [0.2, 0.25) is 0 Å². The molecule has 2 nitrogen and oxygen atoms in total. The van der Waals surface area contributed by atoms with Crippen LogP contribution >= 0.6 is 24.4 Å². The molecule has 0 radical (unpaired) electrons. The molecule has 0 N–H and O–H groups in total. The van der Waals surface area contributed by atoms with Gasteiger partial charge in [0.15, 0.2) is 0 Å². The van der Waals surface area contributed by atoms with Crippen LogP contribution in [0.1, 0.15) is 0 Å². The molecule has 0 aromatic carbocycles. The lowest BCUT2D eigenvalue weighted by molar-refractivity contribution is 0.167. The molecule has 0 fully saturated rings. The fourth-order valence-corrected chi connectivity index (χ4v) is 1.38. The van der Waals surface area contributed by atoms with Gasteiger partial charge in [0, 0.05) is 24.4 Å². The van der Waals surface area contributed by atoms with Gasteiger partial charge in [0.25, 0.3) is 0 Å². The molecule has 0 bridgehead atoms. The Bertz CT molecular complexity index is 63.5. The van der Waals surface area contributed by atoms with Gasteiger partial charge < -0.3 is 9.47 Å². The summed E-state index contributed by atoms with van der Waals surface area (Å²) in [5.41, 5.74) is 0. The van der Waals surface area contributed by atoms with Crippen LogP contribution in [0.4, 0.5) is 0 Å². The largest absolute Gasteiger partial charge is 0.384 e. The van der Waals surface area contributed by atoms with Crippen molar-refractivity contribution >= 4 is 24.4 Å². The maximum Gasteiger partial charge on any atom is 0.0557 e. The van der Waals surface area contributed by atoms with Crippen molar-refractivity contribution in [3.63, 3.8) is 0 Å². The minimum absolute atomic E-state index is 0.758. The second kappa shape index (κ2) is 10.6. The van der Waals surface area contributed by atoms with Gasteiger partial charge in [-0.15, -0.1) is 0 Å². The highest BCUT2D eigenvalue weighted by atomic mass is 32.2. The number of hydrogen-bond donors (Lipinski definition) is 1. The zero-order valence-corrected chi connectivity index (χ0v) is 8.63. The Labute approximate surface area is 78.4 Å². The number of rotatable bonds is 8. The quantitative estimate of drug-likeness (QED) is 0.466. The molecule has 0 atom stereocenters. The third-order valence-corrected chi connectivity index (χ3v) is 2.13. The second-order valence-electron chi connectivity index (χ2n) is 1.94. The lowest BCUT2D eigenvalue weighted by Gasteiger charge is -2.01. The highest BCUT2D eigenvalue weighted by Gasteiger charge is 1.88. The fourth-order valence-electron chi connectivity index (χ4n) is 0.529. The molecule has 0 heterocycles. The van der Waals surface area contributed by atoms with Gasteiger partial charge in [-0.1, -0.05) is 0 Å². The zero-order chi connectivity index (χ0) is 8.36. The Morgan fingerprint density at radius 1 is 1.18 bits per heavy atom. The molecular weight excluding hydrogens is 180 g/mol. The number of ether oxygens (including phenoxy) is 2. The zero-order valence-electron chi connectivity index (χ0n) is 6.91. The fraction of sp³-hybridized carbons (Fsp3) is 1.00. The summed E-state index contributed by atoms with van der Waals surface area (Å²) < 4.78 is 10.1. The van der Waals surface area contributed by atoms with Crippen molar-refractivity contribution in [1.29, 1.82) is 0 Å². The van der Waals surface area contributed by atoms with Gasteiger partial charge >= 0.3 is 0 Å². The van der Waals surface area contributed by atoms with Crippen LogP contribution in [-0.4, -0.2) is 44.2 Å². The lowest BCUT2D eigenvalue weighted by atomic mass is 10.8. The van der Waals surface area contributed by atoms with Crippen molar-refractivity contribution in [1.82, 2.24) is 0 Å². The normalized spacial score (nSPS) is 10.4. The molecule has 0 aromatic rings. The molecule has 0 amide bonds. The van der Waals surface area contributed by atoms with Gasteiger partial charge in [0.05, 0.1) is 19.8 Å². The first-order valence-corrected chi connectivity index (χ1v) is 5.46. The van der Waals surface area contributed by atoms with E-state index in [1.165, 1.54) is 0 Å². The summed E-state index contributed by atoms with van der Waals surface area (Å²) in [7, 11) is 1.72. The average Bonchev–Trinajstić information content (AvgIpc) is 2.03. The molecule has 0 aliphatic heterocycles. The van der Waals surface area contributed by atoms with E-state index >= 15 is 0 Å². The van der Waals surface area contributed by atoms with Crippen LogP contribution in [0.2, 0.25) is 0 Å². The minimum Gasteiger partial charge on any atom is -0.384 e. The van der Waals surface area contributed by atoms with Crippen LogP contribution in [0, 0.1) is 0 Å². The third kappa shape index (κ3) is 10.6. The van der Waals surface area contributed by atoms with Gasteiger partial charge in [0.1, 0.15) is 0 Å². The molecule has 0 spiro atoms. The Morgan fingerprint density at radius 2 is 1.91 bits per heavy atom. The van der Waals surface area contributed by atoms with E-state index in [4.69, 9.17) is 9.47 Å². The highest BCUT2D eigenvalue weighted by molar-refractivity contribution is 7.99. The monoisotopic (exact) mass is 196 g/mol. The van der Waals surface area contributed by atoms with E-state index in [0.717, 1.165) is 37.1 Å². The Kier molecular flexibility index (Phi) is 11.2. The summed E-state index contributed by atoms with van der Waals surface area (Å²) >= 11 is 5.88. The first-order chi connectivity index (χ1) is 5.41. The molecule has 0 aliphatic rings. The van der Waals surface area contributed by atoms with E-state index < -0.39 is 0 Å². The summed E-state index contributed by atoms with van der Waals surface area (Å²) in [6.07, 6.45) is 0. The molecule has 0 aliphatic carbocycles. The molecule has 0 unspecified atom stereocenters. The first kappa shape index (κ1) is 11.6. The molecule has 0 saturated heterocycles. The summed E-state index contributed by atoms with van der Waals surface area (Å²) in [6, 6.07) is 0. The van der Waals surface area contributed by atoms with Crippen molar-refractivity contribution in [3.8, 4) is 0 Å². The summed E-state index contributed by atoms with van der Waals surface area (Å²) in [5, 5.41) is 0. The third-order valence-electron chi connectivity index (χ3n) is 1.04. The van der Waals surface area contributed by atoms with Crippen molar-refractivity contribution in [3.05, 3.63) is 0 Å². The van der Waals surface area contributed by atoms with E-state index in [-0.39, 0.29) is 0 Å². The van der Waals surface area contributed by atoms with Crippen LogP contribution in [0.3, 0.4) is 0 Å². The summed E-state index contributed by atoms with van der Waals surface area (Å²) in [5.74, 6) is 2.92. The maximum absolute atomic E-state index is 5.22. The van der Waals surface area contributed by atoms with E-state index in [1.54, 1.807) is 7.11 Å². The van der Waals surface area contributed by atoms with E-state index in [1.807, 2.05) is 11.8 Å². The standard InChI is InChI=1S/C7H16O2S2/c1-8-3-6-11-7-4-9-2-5-10/h10H,2-7H2,1H3. The van der Waals surface area contributed by atoms with Crippen molar-refractivity contribution < 1.29 is 9.47 Å². The number of methoxy groups -OCH3 is 1. The van der Waals surface area contributed by atoms with Gasteiger partial charge in [-0.25, -0.2) is 0 Å². The van der Waals surface area contributed by atoms with Crippen LogP contribution in [-0.2, 0) is 9.47 Å². The van der Waals surface area contributed by atoms with Crippen molar-refractivity contribution in [2.75, 3.05) is 44.2 Å². The van der Waals surface area contributed by atoms with Gasteiger partial charge in [-0.3, -0.25) is 0 Å². The SMILES string of the molecule is COCCSCCOCCS. The number of thioether (sulfide) groups is 1. The first-order valence-electron chi connectivity index (χ1n) is 3.67. The van der Waals surface area contributed by atoms with Crippen molar-refractivity contribution in [2.24, 2.45) is 0 Å². The van der Waals surface area contributed by atoms with Crippen LogP contribution in [0.5, 0.6) is 0 Å². The Hall–Kier alpha value is 0.620. The highest BCUT2D eigenvalue weighted by Crippen LogP contribution is 1.98. The van der Waals surface area contributed by atoms with Gasteiger partial charge in [-0.2, -0.15) is 24.4 Å². The maximum atomic E-state index is 5.22. The number of thiol groups is 1. The van der Waals surface area contributed by atoms with Crippen LogP contribution in [0.15, 0.2) is 0 Å². The summed E-state index contributed by atoms with van der Waals surface area (Å²) in [4.78, 5) is 0. The Balaban J connectivity index is 2.69. The minimum atomic E-state index is 0.758. The smallest absolute Gasteiger partial charge is 0.0557 e. The van der Waals surface area contributed by atoms with Gasteiger partial charge in [-0.05, 0) is 0 Å². The molecular formula is C7H16O2S2. The summed E-state index contributed by atoms with van der Waals surface area (Å²) in [6.45, 7) is 2.42. The van der Waals surface area contributed by atoms with E-state index in [2.05, 4.69) is 12.6 Å². The molecule has 0 saturated carbocycles. The predicted molar refractivity (Wildman–Crippen MR) is 53.9 cm³/mol. The molecule has 68 valence electrons. The Morgan fingerprint density at radius 3 is 2.55 bits per heavy atom. The second-order valence-corrected chi connectivity index (χ2v) is 3.61. The molecule has 4 heteroatoms. The van der Waals surface area contributed by atoms with Crippen molar-refractivity contribution in [2.45, 2.75) is 0 Å². The average molecular weight is 196 g/mol. The topological polar surface area (TPSA) is 18.5 Å². The van der Waals surface area contributed by atoms with E-state index in [0.29, 0.717) is 0 Å². The van der Waals surface area contributed by atoms with Crippen LogP contribution in [0.25, 0.3) is 0 Å². The predicted octanol–water partition coefficient (Wildman–Crippen LogP) is 1.31. The number of hydrogen-bond acceptors (Lipinski definition) is 4. The van der Waals surface area contributed by atoms with E-state index in [9.17, 15) is 0 Å². The molecule has 0 rings (SSSR count). The lowest BCUT2D eigenvalue weighted by Crippen LogP contribution is -2.01.